The Hall–Kier alpha value is -1.60. The number of carboxylic acids is 1. The van der Waals surface area contributed by atoms with Crippen LogP contribution in [0.2, 0.25) is 0 Å². The van der Waals surface area contributed by atoms with Gasteiger partial charge in [-0.05, 0) is 37.2 Å². The molecule has 0 saturated carbocycles. The number of ether oxygens (including phenoxy) is 1. The zero-order valence-corrected chi connectivity index (χ0v) is 13.1. The molecule has 0 heterocycles. The summed E-state index contributed by atoms with van der Waals surface area (Å²) in [6.07, 6.45) is 2.02. The van der Waals surface area contributed by atoms with E-state index in [2.05, 4.69) is 0 Å². The predicted molar refractivity (Wildman–Crippen MR) is 79.4 cm³/mol. The summed E-state index contributed by atoms with van der Waals surface area (Å²) in [6, 6.07) is 6.17. The molecule has 0 fully saturated rings. The lowest BCUT2D eigenvalue weighted by atomic mass is 10.3. The molecule has 118 valence electrons. The molecule has 0 amide bonds. The summed E-state index contributed by atoms with van der Waals surface area (Å²) in [5, 5.41) is 8.79. The van der Waals surface area contributed by atoms with E-state index in [-0.39, 0.29) is 11.4 Å². The zero-order chi connectivity index (χ0) is 15.9. The van der Waals surface area contributed by atoms with Gasteiger partial charge in [0, 0.05) is 12.8 Å². The molecule has 1 N–H and O–H groups in total. The van der Waals surface area contributed by atoms with Crippen LogP contribution in [0.5, 0.6) is 5.75 Å². The van der Waals surface area contributed by atoms with Gasteiger partial charge in [0.15, 0.2) is 9.84 Å². The van der Waals surface area contributed by atoms with Crippen LogP contribution in [0.15, 0.2) is 29.2 Å². The number of carboxylic acid groups (broad SMARTS) is 1. The van der Waals surface area contributed by atoms with E-state index >= 15 is 0 Å². The molecule has 0 bridgehead atoms. The van der Waals surface area contributed by atoms with E-state index in [1.807, 2.05) is 6.92 Å². The normalized spacial score (nSPS) is 11.6. The first kappa shape index (κ1) is 17.5. The highest BCUT2D eigenvalue weighted by atomic mass is 32.2. The molecule has 0 spiro atoms. The average molecular weight is 315 g/mol. The van der Waals surface area contributed by atoms with Crippen LogP contribution in [0.4, 0.5) is 0 Å². The van der Waals surface area contributed by atoms with Crippen molar-refractivity contribution in [2.24, 2.45) is 0 Å². The van der Waals surface area contributed by atoms with Gasteiger partial charge < -0.3 is 9.84 Å². The Morgan fingerprint density at radius 1 is 1.24 bits per heavy atom. The van der Waals surface area contributed by atoms with Gasteiger partial charge in [-0.3, -0.25) is 9.69 Å². The SMILES string of the molecule is CCCN(CCOc1ccc(S(C)(=O)=O)cc1)CC(=O)O. The van der Waals surface area contributed by atoms with Gasteiger partial charge in [-0.25, -0.2) is 8.42 Å². The summed E-state index contributed by atoms with van der Waals surface area (Å²) in [4.78, 5) is 12.8. The van der Waals surface area contributed by atoms with Crippen LogP contribution in [-0.4, -0.2) is 56.9 Å². The van der Waals surface area contributed by atoms with Crippen molar-refractivity contribution in [3.05, 3.63) is 24.3 Å². The number of carbonyl (C=O) groups is 1. The van der Waals surface area contributed by atoms with Crippen molar-refractivity contribution in [1.29, 1.82) is 0 Å². The van der Waals surface area contributed by atoms with Gasteiger partial charge in [0.25, 0.3) is 0 Å². The van der Waals surface area contributed by atoms with E-state index in [0.29, 0.717) is 25.4 Å². The quantitative estimate of drug-likeness (QED) is 0.739. The monoisotopic (exact) mass is 315 g/mol. The minimum absolute atomic E-state index is 0.00971. The van der Waals surface area contributed by atoms with Gasteiger partial charge >= 0.3 is 5.97 Å². The summed E-state index contributed by atoms with van der Waals surface area (Å²) in [7, 11) is -3.20. The van der Waals surface area contributed by atoms with E-state index in [4.69, 9.17) is 9.84 Å². The number of rotatable bonds is 9. The first-order valence-electron chi connectivity index (χ1n) is 6.70. The van der Waals surface area contributed by atoms with Gasteiger partial charge in [-0.1, -0.05) is 6.92 Å². The Balaban J connectivity index is 2.49. The van der Waals surface area contributed by atoms with Crippen molar-refractivity contribution >= 4 is 15.8 Å². The van der Waals surface area contributed by atoms with Crippen LogP contribution >= 0.6 is 0 Å². The molecule has 6 nitrogen and oxygen atoms in total. The Morgan fingerprint density at radius 3 is 2.33 bits per heavy atom. The lowest BCUT2D eigenvalue weighted by Crippen LogP contribution is -2.34. The minimum atomic E-state index is -3.20. The topological polar surface area (TPSA) is 83.9 Å². The summed E-state index contributed by atoms with van der Waals surface area (Å²) >= 11 is 0. The average Bonchev–Trinajstić information content (AvgIpc) is 2.38. The van der Waals surface area contributed by atoms with Crippen LogP contribution in [0.1, 0.15) is 13.3 Å². The molecule has 1 rings (SSSR count). The zero-order valence-electron chi connectivity index (χ0n) is 12.3. The van der Waals surface area contributed by atoms with E-state index in [0.717, 1.165) is 12.7 Å². The molecular formula is C14H21NO5S. The highest BCUT2D eigenvalue weighted by Crippen LogP contribution is 2.15. The third-order valence-corrected chi connectivity index (χ3v) is 3.96. The lowest BCUT2D eigenvalue weighted by molar-refractivity contribution is -0.138. The molecule has 0 radical (unpaired) electrons. The number of hydrogen-bond acceptors (Lipinski definition) is 5. The fourth-order valence-corrected chi connectivity index (χ4v) is 2.48. The van der Waals surface area contributed by atoms with E-state index in [1.54, 1.807) is 17.0 Å². The first-order valence-corrected chi connectivity index (χ1v) is 8.59. The maximum Gasteiger partial charge on any atom is 0.317 e. The molecule has 21 heavy (non-hydrogen) atoms. The fraction of sp³-hybridized carbons (Fsp3) is 0.500. The maximum absolute atomic E-state index is 11.3. The molecule has 0 aromatic heterocycles. The molecule has 0 saturated heterocycles. The van der Waals surface area contributed by atoms with Gasteiger partial charge in [0.1, 0.15) is 12.4 Å². The van der Waals surface area contributed by atoms with Gasteiger partial charge in [0.05, 0.1) is 11.4 Å². The van der Waals surface area contributed by atoms with Crippen molar-refractivity contribution in [3.63, 3.8) is 0 Å². The van der Waals surface area contributed by atoms with Gasteiger partial charge in [-0.2, -0.15) is 0 Å². The van der Waals surface area contributed by atoms with E-state index in [9.17, 15) is 13.2 Å². The summed E-state index contributed by atoms with van der Waals surface area (Å²) < 4.78 is 28.1. The van der Waals surface area contributed by atoms with E-state index in [1.165, 1.54) is 12.1 Å². The van der Waals surface area contributed by atoms with Crippen LogP contribution in [0, 0.1) is 0 Å². The molecule has 0 atom stereocenters. The van der Waals surface area contributed by atoms with Crippen LogP contribution < -0.4 is 4.74 Å². The smallest absolute Gasteiger partial charge is 0.317 e. The fourth-order valence-electron chi connectivity index (χ4n) is 1.85. The molecule has 1 aromatic carbocycles. The number of hydrogen-bond donors (Lipinski definition) is 1. The Kier molecular flexibility index (Phi) is 6.64. The lowest BCUT2D eigenvalue weighted by Gasteiger charge is -2.19. The van der Waals surface area contributed by atoms with Crippen molar-refractivity contribution in [1.82, 2.24) is 4.90 Å². The number of sulfone groups is 1. The van der Waals surface area contributed by atoms with Crippen LogP contribution in [0.3, 0.4) is 0 Å². The second-order valence-corrected chi connectivity index (χ2v) is 6.78. The predicted octanol–water partition coefficient (Wildman–Crippen LogP) is 1.27. The molecule has 0 unspecified atom stereocenters. The molecule has 0 aliphatic rings. The standard InChI is InChI=1S/C14H21NO5S/c1-3-8-15(11-14(16)17)9-10-20-12-4-6-13(7-5-12)21(2,18)19/h4-7H,3,8-11H2,1-2H3,(H,16,17). The van der Waals surface area contributed by atoms with Crippen LogP contribution in [0.25, 0.3) is 0 Å². The minimum Gasteiger partial charge on any atom is -0.492 e. The maximum atomic E-state index is 11.3. The summed E-state index contributed by atoms with van der Waals surface area (Å²) in [5.41, 5.74) is 0. The van der Waals surface area contributed by atoms with Crippen molar-refractivity contribution in [2.45, 2.75) is 18.2 Å². The number of benzene rings is 1. The van der Waals surface area contributed by atoms with Gasteiger partial charge in [-0.15, -0.1) is 0 Å². The number of nitrogens with zero attached hydrogens (tertiary/aromatic N) is 1. The molecule has 0 aliphatic carbocycles. The second kappa shape index (κ2) is 7.99. The van der Waals surface area contributed by atoms with Gasteiger partial charge in [0.2, 0.25) is 0 Å². The third-order valence-electron chi connectivity index (χ3n) is 2.83. The molecule has 0 aliphatic heterocycles. The summed E-state index contributed by atoms with van der Waals surface area (Å²) in [6.45, 7) is 3.53. The Labute approximate surface area is 125 Å². The largest absolute Gasteiger partial charge is 0.492 e. The third kappa shape index (κ3) is 6.59. The van der Waals surface area contributed by atoms with Crippen molar-refractivity contribution in [2.75, 3.05) is 32.5 Å². The van der Waals surface area contributed by atoms with Crippen molar-refractivity contribution in [3.8, 4) is 5.75 Å². The molecular weight excluding hydrogens is 294 g/mol. The molecule has 1 aromatic rings. The number of aliphatic carboxylic acids is 1. The van der Waals surface area contributed by atoms with Crippen molar-refractivity contribution < 1.29 is 23.1 Å². The Morgan fingerprint density at radius 2 is 1.86 bits per heavy atom. The highest BCUT2D eigenvalue weighted by molar-refractivity contribution is 7.90. The highest BCUT2D eigenvalue weighted by Gasteiger charge is 2.09. The molecule has 7 heteroatoms. The first-order chi connectivity index (χ1) is 9.82. The Bertz CT molecular complexity index is 553. The second-order valence-electron chi connectivity index (χ2n) is 4.76. The van der Waals surface area contributed by atoms with E-state index < -0.39 is 15.8 Å². The summed E-state index contributed by atoms with van der Waals surface area (Å²) in [5.74, 6) is -0.296. The van der Waals surface area contributed by atoms with Crippen LogP contribution in [-0.2, 0) is 14.6 Å².